The zero-order valence-corrected chi connectivity index (χ0v) is 31.9. The Morgan fingerprint density at radius 3 is 1.45 bits per heavy atom. The van der Waals surface area contributed by atoms with Crippen molar-refractivity contribution in [3.05, 3.63) is 156 Å². The summed E-state index contributed by atoms with van der Waals surface area (Å²) in [6.07, 6.45) is 12.8. The van der Waals surface area contributed by atoms with E-state index in [1.54, 1.807) is 5.56 Å². The summed E-state index contributed by atoms with van der Waals surface area (Å²) < 4.78 is 0. The van der Waals surface area contributed by atoms with Crippen LogP contribution in [-0.2, 0) is 5.41 Å². The lowest BCUT2D eigenvalue weighted by molar-refractivity contribution is 0.401. The number of fused-ring (bicyclic) bond motifs is 5. The number of rotatable bonds is 14. The van der Waals surface area contributed by atoms with Crippen LogP contribution in [0, 0.1) is 6.92 Å². The summed E-state index contributed by atoms with van der Waals surface area (Å²) in [6, 6.07) is 52.4. The predicted octanol–water partition coefficient (Wildman–Crippen LogP) is 15.6. The normalized spacial score (nSPS) is 13.0. The first-order valence-corrected chi connectivity index (χ1v) is 20.2. The predicted molar refractivity (Wildman–Crippen MR) is 231 cm³/mol. The van der Waals surface area contributed by atoms with Crippen LogP contribution in [0.5, 0.6) is 0 Å². The minimum absolute atomic E-state index is 0.0851. The average Bonchev–Trinajstić information content (AvgIpc) is 3.47. The molecule has 0 heterocycles. The van der Waals surface area contributed by atoms with E-state index in [0.717, 1.165) is 5.69 Å². The minimum Gasteiger partial charge on any atom is -0.356 e. The number of hydrogen-bond donors (Lipinski definition) is 1. The van der Waals surface area contributed by atoms with Gasteiger partial charge >= 0.3 is 0 Å². The Bertz CT molecular complexity index is 2280. The van der Waals surface area contributed by atoms with Gasteiger partial charge in [-0.2, -0.15) is 0 Å². The molecule has 0 spiro atoms. The molecule has 1 aliphatic carbocycles. The molecule has 1 N–H and O–H groups in total. The number of hydrogen-bond acceptors (Lipinski definition) is 1. The fraction of sp³-hybridized carbons (Fsp3) is 0.269. The van der Waals surface area contributed by atoms with Crippen molar-refractivity contribution in [3.8, 4) is 33.4 Å². The summed E-state index contributed by atoms with van der Waals surface area (Å²) in [5.74, 6) is 0. The van der Waals surface area contributed by atoms with Crippen molar-refractivity contribution in [2.75, 3.05) is 5.32 Å². The molecule has 1 aliphatic rings. The molecule has 0 aromatic heterocycles. The molecule has 266 valence electrons. The van der Waals surface area contributed by atoms with Crippen molar-refractivity contribution in [1.82, 2.24) is 0 Å². The Morgan fingerprint density at radius 2 is 0.906 bits per heavy atom. The van der Waals surface area contributed by atoms with E-state index < -0.39 is 0 Å². The van der Waals surface area contributed by atoms with Crippen molar-refractivity contribution in [2.45, 2.75) is 90.4 Å². The molecule has 0 radical (unpaired) electrons. The zero-order chi connectivity index (χ0) is 36.2. The smallest absolute Gasteiger partial charge is 0.0387 e. The van der Waals surface area contributed by atoms with Gasteiger partial charge in [-0.25, -0.2) is 0 Å². The van der Waals surface area contributed by atoms with E-state index in [9.17, 15) is 0 Å². The molecule has 0 fully saturated rings. The van der Waals surface area contributed by atoms with Gasteiger partial charge in [-0.1, -0.05) is 186 Å². The monoisotopic (exact) mass is 691 g/mol. The largest absolute Gasteiger partial charge is 0.356 e. The molecular formula is C52H53N. The SMILES string of the molecule is CCCCCCC1(CCCCCC)c2ccccc2-c2ccc(Nc3ccc(-c4c5ccccc5c(-c5ccc(C)cc5)c5ccccc45)cc3)cc21. The quantitative estimate of drug-likeness (QED) is 0.0884. The molecule has 0 aliphatic heterocycles. The molecule has 53 heavy (non-hydrogen) atoms. The second kappa shape index (κ2) is 15.5. The first-order valence-electron chi connectivity index (χ1n) is 20.2. The maximum absolute atomic E-state index is 3.84. The van der Waals surface area contributed by atoms with Gasteiger partial charge in [-0.3, -0.25) is 0 Å². The number of aryl methyl sites for hydroxylation is 1. The molecule has 0 bridgehead atoms. The maximum atomic E-state index is 3.84. The van der Waals surface area contributed by atoms with E-state index in [0.29, 0.717) is 0 Å². The van der Waals surface area contributed by atoms with Gasteiger partial charge in [-0.05, 0) is 110 Å². The van der Waals surface area contributed by atoms with Crippen molar-refractivity contribution in [1.29, 1.82) is 0 Å². The molecule has 0 saturated carbocycles. The summed E-state index contributed by atoms with van der Waals surface area (Å²) in [4.78, 5) is 0. The first kappa shape index (κ1) is 34.9. The van der Waals surface area contributed by atoms with E-state index in [2.05, 4.69) is 166 Å². The van der Waals surface area contributed by atoms with Gasteiger partial charge in [0.2, 0.25) is 0 Å². The molecule has 0 amide bonds. The zero-order valence-electron chi connectivity index (χ0n) is 31.9. The summed E-state index contributed by atoms with van der Waals surface area (Å²) in [5.41, 5.74) is 14.7. The minimum atomic E-state index is 0.0851. The Balaban J connectivity index is 1.15. The molecule has 8 rings (SSSR count). The summed E-state index contributed by atoms with van der Waals surface area (Å²) in [5, 5.41) is 8.99. The fourth-order valence-corrected chi connectivity index (χ4v) is 9.26. The molecule has 1 heteroatoms. The summed E-state index contributed by atoms with van der Waals surface area (Å²) in [6.45, 7) is 6.79. The van der Waals surface area contributed by atoms with Gasteiger partial charge in [0.1, 0.15) is 0 Å². The van der Waals surface area contributed by atoms with Crippen LogP contribution in [-0.4, -0.2) is 0 Å². The summed E-state index contributed by atoms with van der Waals surface area (Å²) in [7, 11) is 0. The van der Waals surface area contributed by atoms with Crippen molar-refractivity contribution >= 4 is 32.9 Å². The lowest BCUT2D eigenvalue weighted by atomic mass is 9.70. The van der Waals surface area contributed by atoms with E-state index >= 15 is 0 Å². The van der Waals surface area contributed by atoms with Crippen molar-refractivity contribution < 1.29 is 0 Å². The van der Waals surface area contributed by atoms with Crippen LogP contribution < -0.4 is 5.32 Å². The third-order valence-electron chi connectivity index (χ3n) is 11.9. The first-order chi connectivity index (χ1) is 26.1. The van der Waals surface area contributed by atoms with Crippen LogP contribution in [0.25, 0.3) is 54.9 Å². The summed E-state index contributed by atoms with van der Waals surface area (Å²) >= 11 is 0. The topological polar surface area (TPSA) is 12.0 Å². The van der Waals surface area contributed by atoms with Gasteiger partial charge in [0.25, 0.3) is 0 Å². The van der Waals surface area contributed by atoms with Crippen LogP contribution in [0.1, 0.15) is 94.7 Å². The third kappa shape index (κ3) is 6.67. The molecular weight excluding hydrogens is 639 g/mol. The van der Waals surface area contributed by atoms with E-state index in [1.165, 1.54) is 136 Å². The fourth-order valence-electron chi connectivity index (χ4n) is 9.26. The van der Waals surface area contributed by atoms with E-state index in [-0.39, 0.29) is 5.41 Å². The Labute approximate surface area is 317 Å². The highest BCUT2D eigenvalue weighted by molar-refractivity contribution is 6.21. The maximum Gasteiger partial charge on any atom is 0.0387 e. The standard InChI is InChI=1S/C52H53N/c1-4-6-8-16-34-52(35-17-9-7-5-2)48-23-15-14-18-42(48)43-33-32-41(36-49(43)52)53-40-30-28-39(29-31-40)51-46-21-12-10-19-44(46)50(38-26-24-37(3)25-27-38)45-20-11-13-22-47(45)51/h10-15,18-33,36,53H,4-9,16-17,34-35H2,1-3H3. The molecule has 1 nitrogen and oxygen atoms in total. The van der Waals surface area contributed by atoms with Gasteiger partial charge in [0, 0.05) is 16.8 Å². The highest BCUT2D eigenvalue weighted by Crippen LogP contribution is 2.55. The van der Waals surface area contributed by atoms with Crippen molar-refractivity contribution in [2.24, 2.45) is 0 Å². The number of nitrogens with one attached hydrogen (secondary N) is 1. The van der Waals surface area contributed by atoms with Gasteiger partial charge in [0.05, 0.1) is 0 Å². The Morgan fingerprint density at radius 1 is 0.434 bits per heavy atom. The molecule has 7 aromatic rings. The van der Waals surface area contributed by atoms with Crippen LogP contribution >= 0.6 is 0 Å². The number of unbranched alkanes of at least 4 members (excludes halogenated alkanes) is 6. The Kier molecular flexibility index (Phi) is 10.2. The second-order valence-corrected chi connectivity index (χ2v) is 15.4. The van der Waals surface area contributed by atoms with Crippen LogP contribution in [0.4, 0.5) is 11.4 Å². The van der Waals surface area contributed by atoms with Gasteiger partial charge in [0.15, 0.2) is 0 Å². The highest BCUT2D eigenvalue weighted by atomic mass is 14.9. The Hall–Kier alpha value is -5.14. The van der Waals surface area contributed by atoms with Crippen LogP contribution in [0.2, 0.25) is 0 Å². The molecule has 7 aromatic carbocycles. The van der Waals surface area contributed by atoms with Gasteiger partial charge in [-0.15, -0.1) is 0 Å². The van der Waals surface area contributed by atoms with Crippen molar-refractivity contribution in [3.63, 3.8) is 0 Å². The highest BCUT2D eigenvalue weighted by Gasteiger charge is 2.42. The van der Waals surface area contributed by atoms with E-state index in [4.69, 9.17) is 0 Å². The van der Waals surface area contributed by atoms with E-state index in [1.807, 2.05) is 0 Å². The third-order valence-corrected chi connectivity index (χ3v) is 11.9. The number of benzene rings is 7. The second-order valence-electron chi connectivity index (χ2n) is 15.4. The number of anilines is 2. The van der Waals surface area contributed by atoms with Crippen LogP contribution in [0.15, 0.2) is 140 Å². The average molecular weight is 692 g/mol. The van der Waals surface area contributed by atoms with Crippen LogP contribution in [0.3, 0.4) is 0 Å². The lowest BCUT2D eigenvalue weighted by Crippen LogP contribution is -2.25. The molecule has 0 unspecified atom stereocenters. The van der Waals surface area contributed by atoms with Gasteiger partial charge < -0.3 is 5.32 Å². The molecule has 0 saturated heterocycles. The lowest BCUT2D eigenvalue weighted by Gasteiger charge is -2.33. The molecule has 0 atom stereocenters.